The monoisotopic (exact) mass is 224 g/mol. The Kier molecular flexibility index (Phi) is 3.79. The molecule has 0 bridgehead atoms. The van der Waals surface area contributed by atoms with Crippen molar-refractivity contribution in [2.75, 3.05) is 6.54 Å². The maximum Gasteiger partial charge on any atom is 0.152 e. The van der Waals surface area contributed by atoms with Crippen LogP contribution in [0.15, 0.2) is 12.3 Å². The predicted octanol–water partition coefficient (Wildman–Crippen LogP) is 1.93. The second-order valence-corrected chi connectivity index (χ2v) is 5.80. The van der Waals surface area contributed by atoms with Crippen LogP contribution in [0.1, 0.15) is 40.5 Å². The summed E-state index contributed by atoms with van der Waals surface area (Å²) >= 11 is 0. The zero-order valence-electron chi connectivity index (χ0n) is 10.9. The number of Topliss-reactive ketones (excluding diaryl/α,β-unsaturated/α-hetero) is 1. The lowest BCUT2D eigenvalue weighted by molar-refractivity contribution is -0.120. The van der Waals surface area contributed by atoms with Gasteiger partial charge in [0.1, 0.15) is 0 Å². The van der Waals surface area contributed by atoms with Gasteiger partial charge in [0.05, 0.1) is 6.04 Å². The fourth-order valence-corrected chi connectivity index (χ4v) is 2.21. The Morgan fingerprint density at radius 1 is 1.50 bits per heavy atom. The molecule has 0 unspecified atom stereocenters. The van der Waals surface area contributed by atoms with Crippen LogP contribution in [0.3, 0.4) is 0 Å². The fourth-order valence-electron chi connectivity index (χ4n) is 2.21. The van der Waals surface area contributed by atoms with E-state index in [1.165, 1.54) is 0 Å². The van der Waals surface area contributed by atoms with Crippen LogP contribution in [0.2, 0.25) is 0 Å². The van der Waals surface area contributed by atoms with Gasteiger partial charge < -0.3 is 10.6 Å². The zero-order chi connectivity index (χ0) is 12.5. The summed E-state index contributed by atoms with van der Waals surface area (Å²) in [5, 5.41) is 0. The summed E-state index contributed by atoms with van der Waals surface area (Å²) in [5.41, 5.74) is 7.08. The number of nitrogens with two attached hydrogens (primary N) is 1. The first-order valence-electron chi connectivity index (χ1n) is 5.96. The third-order valence-corrected chi connectivity index (χ3v) is 3.38. The highest BCUT2D eigenvalue weighted by Gasteiger charge is 2.34. The smallest absolute Gasteiger partial charge is 0.152 e. The zero-order valence-corrected chi connectivity index (χ0v) is 10.9. The van der Waals surface area contributed by atoms with Gasteiger partial charge in [-0.05, 0) is 25.2 Å². The molecular formula is C13H24N2O. The SMILES string of the molecule is C=C([C@@H](N)C(C)(C)C)N1CCC[C@H]1C(C)=O. The minimum atomic E-state index is -0.0903. The van der Waals surface area contributed by atoms with Crippen LogP contribution in [-0.4, -0.2) is 29.3 Å². The van der Waals surface area contributed by atoms with E-state index in [2.05, 4.69) is 32.3 Å². The van der Waals surface area contributed by atoms with Gasteiger partial charge in [-0.25, -0.2) is 0 Å². The van der Waals surface area contributed by atoms with Gasteiger partial charge in [0.2, 0.25) is 0 Å². The van der Waals surface area contributed by atoms with Crippen LogP contribution in [0.4, 0.5) is 0 Å². The summed E-state index contributed by atoms with van der Waals surface area (Å²) in [6, 6.07) is -0.0895. The van der Waals surface area contributed by atoms with E-state index in [9.17, 15) is 4.79 Å². The van der Waals surface area contributed by atoms with Gasteiger partial charge >= 0.3 is 0 Å². The van der Waals surface area contributed by atoms with Gasteiger partial charge in [-0.15, -0.1) is 0 Å². The Morgan fingerprint density at radius 3 is 2.50 bits per heavy atom. The van der Waals surface area contributed by atoms with Crippen molar-refractivity contribution in [3.8, 4) is 0 Å². The van der Waals surface area contributed by atoms with E-state index in [1.807, 2.05) is 0 Å². The Balaban J connectivity index is 2.77. The number of carbonyl (C=O) groups is 1. The summed E-state index contributed by atoms with van der Waals surface area (Å²) in [6.45, 7) is 12.9. The van der Waals surface area contributed by atoms with E-state index in [0.717, 1.165) is 25.1 Å². The van der Waals surface area contributed by atoms with Crippen LogP contribution >= 0.6 is 0 Å². The first-order chi connectivity index (χ1) is 7.25. The molecule has 0 radical (unpaired) electrons. The molecule has 1 aliphatic rings. The number of nitrogens with zero attached hydrogens (tertiary/aromatic N) is 1. The van der Waals surface area contributed by atoms with E-state index in [4.69, 9.17) is 5.73 Å². The number of rotatable bonds is 3. The molecule has 1 aliphatic heterocycles. The van der Waals surface area contributed by atoms with Gasteiger partial charge in [-0.2, -0.15) is 0 Å². The lowest BCUT2D eigenvalue weighted by Crippen LogP contribution is -2.45. The molecule has 0 spiro atoms. The maximum atomic E-state index is 11.5. The normalized spacial score (nSPS) is 23.3. The Morgan fingerprint density at radius 2 is 2.06 bits per heavy atom. The van der Waals surface area contributed by atoms with Crippen molar-refractivity contribution >= 4 is 5.78 Å². The average molecular weight is 224 g/mol. The molecule has 1 fully saturated rings. The average Bonchev–Trinajstić information content (AvgIpc) is 2.62. The number of hydrogen-bond donors (Lipinski definition) is 1. The molecule has 3 nitrogen and oxygen atoms in total. The standard InChI is InChI=1S/C13H24N2O/c1-9(12(14)13(3,4)5)15-8-6-7-11(15)10(2)16/h11-12H,1,6-8,14H2,2-5H3/t11-,12+/m0/s1. The van der Waals surface area contributed by atoms with E-state index >= 15 is 0 Å². The highest BCUT2D eigenvalue weighted by molar-refractivity contribution is 5.82. The summed E-state index contributed by atoms with van der Waals surface area (Å²) in [5.74, 6) is 0.222. The van der Waals surface area contributed by atoms with Gasteiger partial charge in [-0.3, -0.25) is 4.79 Å². The molecule has 3 heteroatoms. The van der Waals surface area contributed by atoms with Crippen LogP contribution in [0.5, 0.6) is 0 Å². The van der Waals surface area contributed by atoms with Crippen molar-refractivity contribution in [2.24, 2.45) is 11.1 Å². The molecule has 16 heavy (non-hydrogen) atoms. The first-order valence-corrected chi connectivity index (χ1v) is 5.96. The number of ketones is 1. The topological polar surface area (TPSA) is 46.3 Å². The molecule has 0 aromatic rings. The van der Waals surface area contributed by atoms with Crippen LogP contribution in [0, 0.1) is 5.41 Å². The quantitative estimate of drug-likeness (QED) is 0.796. The molecule has 0 amide bonds. The van der Waals surface area contributed by atoms with Crippen LogP contribution in [0.25, 0.3) is 0 Å². The van der Waals surface area contributed by atoms with Gasteiger partial charge in [0.25, 0.3) is 0 Å². The summed E-state index contributed by atoms with van der Waals surface area (Å²) in [7, 11) is 0. The molecule has 0 aromatic heterocycles. The van der Waals surface area contributed by atoms with Crippen molar-refractivity contribution in [3.63, 3.8) is 0 Å². The number of carbonyl (C=O) groups excluding carboxylic acids is 1. The lowest BCUT2D eigenvalue weighted by atomic mass is 9.85. The molecule has 2 atom stereocenters. The molecule has 1 heterocycles. The lowest BCUT2D eigenvalue weighted by Gasteiger charge is -2.36. The van der Waals surface area contributed by atoms with Gasteiger partial charge in [-0.1, -0.05) is 27.4 Å². The molecule has 2 N–H and O–H groups in total. The minimum absolute atomic E-state index is 0.000833. The molecule has 0 saturated carbocycles. The molecule has 1 saturated heterocycles. The summed E-state index contributed by atoms with van der Waals surface area (Å²) < 4.78 is 0. The third kappa shape index (κ3) is 2.64. The van der Waals surface area contributed by atoms with E-state index in [1.54, 1.807) is 6.92 Å². The first kappa shape index (κ1) is 13.2. The van der Waals surface area contributed by atoms with E-state index in [-0.39, 0.29) is 23.3 Å². The minimum Gasteiger partial charge on any atom is -0.364 e. The Labute approximate surface area is 98.7 Å². The number of hydrogen-bond acceptors (Lipinski definition) is 3. The molecular weight excluding hydrogens is 200 g/mol. The molecule has 0 aromatic carbocycles. The summed E-state index contributed by atoms with van der Waals surface area (Å²) in [6.07, 6.45) is 1.99. The Hall–Kier alpha value is -0.830. The second kappa shape index (κ2) is 4.58. The predicted molar refractivity (Wildman–Crippen MR) is 67.0 cm³/mol. The van der Waals surface area contributed by atoms with Crippen LogP contribution < -0.4 is 5.73 Å². The molecule has 92 valence electrons. The van der Waals surface area contributed by atoms with Crippen molar-refractivity contribution in [1.82, 2.24) is 4.90 Å². The van der Waals surface area contributed by atoms with E-state index < -0.39 is 0 Å². The van der Waals surface area contributed by atoms with Crippen molar-refractivity contribution in [1.29, 1.82) is 0 Å². The highest BCUT2D eigenvalue weighted by Crippen LogP contribution is 2.29. The summed E-state index contributed by atoms with van der Waals surface area (Å²) in [4.78, 5) is 13.6. The highest BCUT2D eigenvalue weighted by atomic mass is 16.1. The van der Waals surface area contributed by atoms with Crippen LogP contribution in [-0.2, 0) is 4.79 Å². The third-order valence-electron chi connectivity index (χ3n) is 3.38. The fraction of sp³-hybridized carbons (Fsp3) is 0.769. The van der Waals surface area contributed by atoms with Crippen molar-refractivity contribution in [3.05, 3.63) is 12.3 Å². The second-order valence-electron chi connectivity index (χ2n) is 5.80. The van der Waals surface area contributed by atoms with Gasteiger partial charge in [0, 0.05) is 18.3 Å². The van der Waals surface area contributed by atoms with E-state index in [0.29, 0.717) is 0 Å². The maximum absolute atomic E-state index is 11.5. The largest absolute Gasteiger partial charge is 0.364 e. The van der Waals surface area contributed by atoms with Crippen molar-refractivity contribution in [2.45, 2.75) is 52.6 Å². The van der Waals surface area contributed by atoms with Gasteiger partial charge in [0.15, 0.2) is 5.78 Å². The number of likely N-dealkylation sites (tertiary alicyclic amines) is 1. The molecule has 1 rings (SSSR count). The molecule has 0 aliphatic carbocycles. The Bertz CT molecular complexity index is 291. The van der Waals surface area contributed by atoms with Crippen molar-refractivity contribution < 1.29 is 4.79 Å².